The molecule has 0 aliphatic carbocycles. The summed E-state index contributed by atoms with van der Waals surface area (Å²) in [4.78, 5) is 2.01. The van der Waals surface area contributed by atoms with E-state index in [1.807, 2.05) is 30.9 Å². The molecule has 0 spiro atoms. The molecule has 1 aromatic rings. The van der Waals surface area contributed by atoms with Gasteiger partial charge in [0.15, 0.2) is 0 Å². The van der Waals surface area contributed by atoms with Gasteiger partial charge < -0.3 is 4.90 Å². The molecule has 0 saturated heterocycles. The minimum atomic E-state index is -0.134. The molecule has 0 amide bonds. The van der Waals surface area contributed by atoms with Crippen LogP contribution in [0.15, 0.2) is 18.2 Å². The van der Waals surface area contributed by atoms with Gasteiger partial charge in [0.25, 0.3) is 0 Å². The number of hydrogen-bond donors (Lipinski definition) is 0. The number of halogens is 2. The molecule has 0 saturated carbocycles. The van der Waals surface area contributed by atoms with E-state index in [9.17, 15) is 4.39 Å². The van der Waals surface area contributed by atoms with Gasteiger partial charge in [-0.15, -0.1) is 0 Å². The van der Waals surface area contributed by atoms with Gasteiger partial charge in [-0.25, -0.2) is 4.39 Å². The topological polar surface area (TPSA) is 3.24 Å². The maximum absolute atomic E-state index is 13.6. The fourth-order valence-corrected chi connectivity index (χ4v) is 1.80. The Hall–Kier alpha value is -0.570. The van der Waals surface area contributed by atoms with Gasteiger partial charge in [0.1, 0.15) is 5.82 Å². The van der Waals surface area contributed by atoms with Crippen LogP contribution in [0, 0.1) is 5.82 Å². The van der Waals surface area contributed by atoms with Crippen LogP contribution in [0.4, 0.5) is 10.1 Å². The molecule has 0 heterocycles. The highest BCUT2D eigenvalue weighted by Crippen LogP contribution is 2.21. The summed E-state index contributed by atoms with van der Waals surface area (Å²) in [6, 6.07) is 5.38. The van der Waals surface area contributed by atoms with Crippen molar-refractivity contribution >= 4 is 21.6 Å². The Morgan fingerprint density at radius 1 is 1.29 bits per heavy atom. The highest BCUT2D eigenvalue weighted by Gasteiger charge is 2.08. The molecule has 0 aromatic heterocycles. The standard InChI is InChI=1S/C11H15BrFN/c1-3-14(4-2)11-6-5-9(8-12)7-10(11)13/h5-7H,3-4,8H2,1-2H3. The second-order valence-corrected chi connectivity index (χ2v) is 3.65. The third-order valence-electron chi connectivity index (χ3n) is 2.27. The van der Waals surface area contributed by atoms with Gasteiger partial charge in [-0.1, -0.05) is 22.0 Å². The predicted molar refractivity (Wildman–Crippen MR) is 62.6 cm³/mol. The van der Waals surface area contributed by atoms with Gasteiger partial charge in [-0.05, 0) is 31.5 Å². The van der Waals surface area contributed by atoms with Crippen LogP contribution in [0.1, 0.15) is 19.4 Å². The molecule has 3 heteroatoms. The van der Waals surface area contributed by atoms with Crippen LogP contribution in [0.25, 0.3) is 0 Å². The Balaban J connectivity index is 2.98. The van der Waals surface area contributed by atoms with Crippen molar-refractivity contribution in [2.45, 2.75) is 19.2 Å². The Bertz CT molecular complexity index is 297. The predicted octanol–water partition coefficient (Wildman–Crippen LogP) is 3.57. The highest BCUT2D eigenvalue weighted by atomic mass is 79.9. The van der Waals surface area contributed by atoms with Crippen molar-refractivity contribution in [1.82, 2.24) is 0 Å². The van der Waals surface area contributed by atoms with E-state index >= 15 is 0 Å². The SMILES string of the molecule is CCN(CC)c1ccc(CBr)cc1F. The maximum atomic E-state index is 13.6. The molecule has 0 fully saturated rings. The zero-order valence-corrected chi connectivity index (χ0v) is 10.1. The molecule has 1 nitrogen and oxygen atoms in total. The van der Waals surface area contributed by atoms with Crippen molar-refractivity contribution < 1.29 is 4.39 Å². The first kappa shape index (κ1) is 11.5. The summed E-state index contributed by atoms with van der Waals surface area (Å²) in [5.74, 6) is -0.134. The molecular formula is C11H15BrFN. The lowest BCUT2D eigenvalue weighted by molar-refractivity contribution is 0.618. The largest absolute Gasteiger partial charge is 0.370 e. The van der Waals surface area contributed by atoms with E-state index in [1.54, 1.807) is 6.07 Å². The van der Waals surface area contributed by atoms with Crippen molar-refractivity contribution in [2.75, 3.05) is 18.0 Å². The number of rotatable bonds is 4. The third kappa shape index (κ3) is 2.47. The zero-order chi connectivity index (χ0) is 10.6. The van der Waals surface area contributed by atoms with Gasteiger partial charge >= 0.3 is 0 Å². The van der Waals surface area contributed by atoms with Crippen molar-refractivity contribution in [2.24, 2.45) is 0 Å². The van der Waals surface area contributed by atoms with E-state index in [4.69, 9.17) is 0 Å². The summed E-state index contributed by atoms with van der Waals surface area (Å²) in [6.45, 7) is 5.73. The van der Waals surface area contributed by atoms with Gasteiger partial charge in [-0.3, -0.25) is 0 Å². The highest BCUT2D eigenvalue weighted by molar-refractivity contribution is 9.08. The molecule has 0 aliphatic rings. The molecule has 78 valence electrons. The van der Waals surface area contributed by atoms with Gasteiger partial charge in [0, 0.05) is 18.4 Å². The fraction of sp³-hybridized carbons (Fsp3) is 0.455. The van der Waals surface area contributed by atoms with Crippen molar-refractivity contribution in [3.8, 4) is 0 Å². The van der Waals surface area contributed by atoms with E-state index in [0.717, 1.165) is 18.7 Å². The van der Waals surface area contributed by atoms with E-state index in [0.29, 0.717) is 11.0 Å². The summed E-state index contributed by atoms with van der Waals surface area (Å²) >= 11 is 3.31. The minimum absolute atomic E-state index is 0.134. The monoisotopic (exact) mass is 259 g/mol. The molecule has 0 unspecified atom stereocenters. The smallest absolute Gasteiger partial charge is 0.146 e. The Morgan fingerprint density at radius 3 is 2.36 bits per heavy atom. The second-order valence-electron chi connectivity index (χ2n) is 3.09. The molecule has 1 rings (SSSR count). The van der Waals surface area contributed by atoms with Crippen molar-refractivity contribution in [3.05, 3.63) is 29.6 Å². The average Bonchev–Trinajstić information content (AvgIpc) is 2.22. The van der Waals surface area contributed by atoms with Crippen LogP contribution in [0.2, 0.25) is 0 Å². The number of benzene rings is 1. The minimum Gasteiger partial charge on any atom is -0.370 e. The van der Waals surface area contributed by atoms with E-state index in [-0.39, 0.29) is 5.82 Å². The summed E-state index contributed by atoms with van der Waals surface area (Å²) in [7, 11) is 0. The molecule has 0 N–H and O–H groups in total. The van der Waals surface area contributed by atoms with E-state index in [2.05, 4.69) is 15.9 Å². The molecule has 0 aliphatic heterocycles. The Kier molecular flexibility index (Phi) is 4.39. The fourth-order valence-electron chi connectivity index (χ4n) is 1.45. The second kappa shape index (κ2) is 5.35. The first-order valence-corrected chi connectivity index (χ1v) is 5.94. The van der Waals surface area contributed by atoms with Crippen molar-refractivity contribution in [3.63, 3.8) is 0 Å². The lowest BCUT2D eigenvalue weighted by Crippen LogP contribution is -2.22. The first-order chi connectivity index (χ1) is 6.72. The normalized spacial score (nSPS) is 10.3. The average molecular weight is 260 g/mol. The summed E-state index contributed by atoms with van der Waals surface area (Å²) in [5, 5.41) is 0.697. The lowest BCUT2D eigenvalue weighted by Gasteiger charge is -2.21. The van der Waals surface area contributed by atoms with Crippen LogP contribution in [0.5, 0.6) is 0 Å². The molecule has 0 bridgehead atoms. The van der Waals surface area contributed by atoms with E-state index < -0.39 is 0 Å². The number of hydrogen-bond acceptors (Lipinski definition) is 1. The Labute approximate surface area is 93.0 Å². The quantitative estimate of drug-likeness (QED) is 0.748. The van der Waals surface area contributed by atoms with Crippen LogP contribution in [-0.4, -0.2) is 13.1 Å². The van der Waals surface area contributed by atoms with Gasteiger partial charge in [-0.2, -0.15) is 0 Å². The third-order valence-corrected chi connectivity index (χ3v) is 2.92. The lowest BCUT2D eigenvalue weighted by atomic mass is 10.2. The van der Waals surface area contributed by atoms with E-state index in [1.165, 1.54) is 0 Å². The van der Waals surface area contributed by atoms with Gasteiger partial charge in [0.2, 0.25) is 0 Å². The van der Waals surface area contributed by atoms with Crippen LogP contribution in [0.3, 0.4) is 0 Å². The summed E-state index contributed by atoms with van der Waals surface area (Å²) in [5.41, 5.74) is 1.66. The van der Waals surface area contributed by atoms with Crippen LogP contribution >= 0.6 is 15.9 Å². The number of alkyl halides is 1. The number of nitrogens with zero attached hydrogens (tertiary/aromatic N) is 1. The number of anilines is 1. The zero-order valence-electron chi connectivity index (χ0n) is 8.56. The molecular weight excluding hydrogens is 245 g/mol. The van der Waals surface area contributed by atoms with Gasteiger partial charge in [0.05, 0.1) is 5.69 Å². The summed E-state index contributed by atoms with van der Waals surface area (Å²) < 4.78 is 13.6. The molecule has 0 atom stereocenters. The Morgan fingerprint density at radius 2 is 1.93 bits per heavy atom. The molecule has 1 aromatic carbocycles. The van der Waals surface area contributed by atoms with Crippen LogP contribution < -0.4 is 4.90 Å². The summed E-state index contributed by atoms with van der Waals surface area (Å²) in [6.07, 6.45) is 0. The van der Waals surface area contributed by atoms with Crippen molar-refractivity contribution in [1.29, 1.82) is 0 Å². The maximum Gasteiger partial charge on any atom is 0.146 e. The molecule has 14 heavy (non-hydrogen) atoms. The first-order valence-electron chi connectivity index (χ1n) is 4.82. The molecule has 0 radical (unpaired) electrons. The van der Waals surface area contributed by atoms with Crippen LogP contribution in [-0.2, 0) is 5.33 Å².